The first kappa shape index (κ1) is 12.6. The molecule has 1 aliphatic heterocycles. The molecule has 1 fully saturated rings. The third-order valence-electron chi connectivity index (χ3n) is 3.41. The van der Waals surface area contributed by atoms with Gasteiger partial charge in [-0.15, -0.1) is 0 Å². The number of nitrogens with one attached hydrogen (secondary N) is 2. The SMILES string of the molecule is CN=C(NCc1cc(Cl)cc2c1OCC2)NC1CC1. The van der Waals surface area contributed by atoms with E-state index in [1.807, 2.05) is 12.1 Å². The van der Waals surface area contributed by atoms with Gasteiger partial charge in [-0.25, -0.2) is 0 Å². The number of benzene rings is 1. The van der Waals surface area contributed by atoms with Crippen molar-refractivity contribution in [2.24, 2.45) is 4.99 Å². The van der Waals surface area contributed by atoms with Crippen LogP contribution in [0.25, 0.3) is 0 Å². The minimum atomic E-state index is 0.590. The lowest BCUT2D eigenvalue weighted by Crippen LogP contribution is -2.38. The number of guanidine groups is 1. The van der Waals surface area contributed by atoms with E-state index in [1.165, 1.54) is 18.4 Å². The van der Waals surface area contributed by atoms with Crippen LogP contribution in [0.15, 0.2) is 17.1 Å². The topological polar surface area (TPSA) is 45.7 Å². The first-order valence-electron chi connectivity index (χ1n) is 6.67. The summed E-state index contributed by atoms with van der Waals surface area (Å²) in [6, 6.07) is 4.54. The lowest BCUT2D eigenvalue weighted by atomic mass is 10.1. The van der Waals surface area contributed by atoms with Crippen molar-refractivity contribution < 1.29 is 4.74 Å². The number of hydrogen-bond acceptors (Lipinski definition) is 2. The van der Waals surface area contributed by atoms with Crippen molar-refractivity contribution >= 4 is 17.6 Å². The molecule has 1 aromatic rings. The maximum atomic E-state index is 6.14. The Hall–Kier alpha value is -1.42. The number of hydrogen-bond donors (Lipinski definition) is 2. The van der Waals surface area contributed by atoms with E-state index in [2.05, 4.69) is 15.6 Å². The molecule has 0 atom stereocenters. The normalized spacial score (nSPS) is 17.9. The van der Waals surface area contributed by atoms with Gasteiger partial charge in [-0.3, -0.25) is 4.99 Å². The molecule has 5 heteroatoms. The van der Waals surface area contributed by atoms with E-state index in [1.54, 1.807) is 7.05 Å². The van der Waals surface area contributed by atoms with E-state index in [-0.39, 0.29) is 0 Å². The monoisotopic (exact) mass is 279 g/mol. The van der Waals surface area contributed by atoms with Crippen LogP contribution in [-0.2, 0) is 13.0 Å². The fraction of sp³-hybridized carbons (Fsp3) is 0.500. The number of fused-ring (bicyclic) bond motifs is 1. The number of aliphatic imine (C=N–C) groups is 1. The summed E-state index contributed by atoms with van der Waals surface area (Å²) in [4.78, 5) is 4.22. The van der Waals surface area contributed by atoms with E-state index in [0.29, 0.717) is 12.6 Å². The molecule has 3 rings (SSSR count). The highest BCUT2D eigenvalue weighted by molar-refractivity contribution is 6.30. The van der Waals surface area contributed by atoms with Gasteiger partial charge in [-0.05, 0) is 30.5 Å². The molecule has 1 heterocycles. The zero-order valence-corrected chi connectivity index (χ0v) is 11.8. The Balaban J connectivity index is 1.69. The Morgan fingerprint density at radius 3 is 3.05 bits per heavy atom. The van der Waals surface area contributed by atoms with Crippen LogP contribution < -0.4 is 15.4 Å². The molecule has 0 unspecified atom stereocenters. The maximum absolute atomic E-state index is 6.14. The van der Waals surface area contributed by atoms with E-state index in [9.17, 15) is 0 Å². The van der Waals surface area contributed by atoms with Crippen LogP contribution >= 0.6 is 11.6 Å². The van der Waals surface area contributed by atoms with E-state index < -0.39 is 0 Å². The second-order valence-corrected chi connectivity index (χ2v) is 5.43. The molecule has 0 saturated heterocycles. The van der Waals surface area contributed by atoms with Gasteiger partial charge in [0.15, 0.2) is 5.96 Å². The highest BCUT2D eigenvalue weighted by atomic mass is 35.5. The quantitative estimate of drug-likeness (QED) is 0.658. The summed E-state index contributed by atoms with van der Waals surface area (Å²) in [7, 11) is 1.79. The van der Waals surface area contributed by atoms with Crippen LogP contribution in [0, 0.1) is 0 Å². The average Bonchev–Trinajstić information content (AvgIpc) is 3.09. The molecule has 1 aromatic carbocycles. The van der Waals surface area contributed by atoms with Gasteiger partial charge in [0.1, 0.15) is 5.75 Å². The summed E-state index contributed by atoms with van der Waals surface area (Å²) < 4.78 is 5.69. The number of ether oxygens (including phenoxy) is 1. The summed E-state index contributed by atoms with van der Waals surface area (Å²) >= 11 is 6.14. The van der Waals surface area contributed by atoms with Crippen molar-refractivity contribution in [2.45, 2.75) is 31.8 Å². The Morgan fingerprint density at radius 2 is 2.32 bits per heavy atom. The first-order chi connectivity index (χ1) is 9.26. The van der Waals surface area contributed by atoms with Crippen molar-refractivity contribution in [3.05, 3.63) is 28.3 Å². The van der Waals surface area contributed by atoms with Crippen LogP contribution in [-0.4, -0.2) is 25.7 Å². The maximum Gasteiger partial charge on any atom is 0.191 e. The third kappa shape index (κ3) is 2.95. The standard InChI is InChI=1S/C14H18ClN3O/c1-16-14(18-12-2-3-12)17-8-10-7-11(15)6-9-4-5-19-13(9)10/h6-7,12H,2-5,8H2,1H3,(H2,16,17,18). The van der Waals surface area contributed by atoms with E-state index in [4.69, 9.17) is 16.3 Å². The number of nitrogens with zero attached hydrogens (tertiary/aromatic N) is 1. The average molecular weight is 280 g/mol. The molecule has 0 amide bonds. The molecule has 0 spiro atoms. The molecule has 4 nitrogen and oxygen atoms in total. The van der Waals surface area contributed by atoms with Crippen LogP contribution in [0.2, 0.25) is 5.02 Å². The second kappa shape index (κ2) is 5.29. The van der Waals surface area contributed by atoms with Gasteiger partial charge in [0, 0.05) is 36.6 Å². The Labute approximate surface area is 118 Å². The molecule has 2 N–H and O–H groups in total. The van der Waals surface area contributed by atoms with Crippen molar-refractivity contribution in [3.8, 4) is 5.75 Å². The minimum absolute atomic E-state index is 0.590. The number of rotatable bonds is 3. The van der Waals surface area contributed by atoms with E-state index >= 15 is 0 Å². The molecule has 1 aliphatic carbocycles. The smallest absolute Gasteiger partial charge is 0.191 e. The molecular weight excluding hydrogens is 262 g/mol. The Morgan fingerprint density at radius 1 is 1.47 bits per heavy atom. The van der Waals surface area contributed by atoms with Crippen molar-refractivity contribution in [1.29, 1.82) is 0 Å². The van der Waals surface area contributed by atoms with Crippen LogP contribution in [0.4, 0.5) is 0 Å². The highest BCUT2D eigenvalue weighted by Crippen LogP contribution is 2.32. The van der Waals surface area contributed by atoms with Crippen molar-refractivity contribution in [3.63, 3.8) is 0 Å². The summed E-state index contributed by atoms with van der Waals surface area (Å²) in [6.07, 6.45) is 3.41. The van der Waals surface area contributed by atoms with Crippen LogP contribution in [0.1, 0.15) is 24.0 Å². The first-order valence-corrected chi connectivity index (χ1v) is 7.05. The van der Waals surface area contributed by atoms with Crippen LogP contribution in [0.5, 0.6) is 5.75 Å². The summed E-state index contributed by atoms with van der Waals surface area (Å²) in [6.45, 7) is 1.42. The lowest BCUT2D eigenvalue weighted by molar-refractivity contribution is 0.353. The van der Waals surface area contributed by atoms with Gasteiger partial charge in [0.25, 0.3) is 0 Å². The largest absolute Gasteiger partial charge is 0.493 e. The van der Waals surface area contributed by atoms with Gasteiger partial charge < -0.3 is 15.4 Å². The second-order valence-electron chi connectivity index (χ2n) is 5.00. The molecule has 0 bridgehead atoms. The van der Waals surface area contributed by atoms with Crippen LogP contribution in [0.3, 0.4) is 0 Å². The zero-order valence-electron chi connectivity index (χ0n) is 11.0. The molecule has 19 heavy (non-hydrogen) atoms. The number of halogens is 1. The predicted molar refractivity (Wildman–Crippen MR) is 77.0 cm³/mol. The molecule has 0 aromatic heterocycles. The predicted octanol–water partition coefficient (Wildman–Crippen LogP) is 2.10. The van der Waals surface area contributed by atoms with Gasteiger partial charge >= 0.3 is 0 Å². The summed E-state index contributed by atoms with van der Waals surface area (Å²) in [5.41, 5.74) is 2.30. The lowest BCUT2D eigenvalue weighted by Gasteiger charge is -2.13. The highest BCUT2D eigenvalue weighted by Gasteiger charge is 2.22. The van der Waals surface area contributed by atoms with Gasteiger partial charge in [0.2, 0.25) is 0 Å². The fourth-order valence-electron chi connectivity index (χ4n) is 2.27. The molecule has 102 valence electrons. The van der Waals surface area contributed by atoms with Crippen molar-refractivity contribution in [2.75, 3.05) is 13.7 Å². The van der Waals surface area contributed by atoms with Crippen molar-refractivity contribution in [1.82, 2.24) is 10.6 Å². The molecule has 0 radical (unpaired) electrons. The summed E-state index contributed by atoms with van der Waals surface area (Å²) in [5.74, 6) is 1.83. The Kier molecular flexibility index (Phi) is 3.51. The van der Waals surface area contributed by atoms with Gasteiger partial charge in [-0.1, -0.05) is 11.6 Å². The fourth-order valence-corrected chi connectivity index (χ4v) is 2.54. The molecule has 1 saturated carbocycles. The zero-order chi connectivity index (χ0) is 13.2. The Bertz CT molecular complexity index is 512. The summed E-state index contributed by atoms with van der Waals surface area (Å²) in [5, 5.41) is 7.44. The molecule has 2 aliphatic rings. The van der Waals surface area contributed by atoms with Gasteiger partial charge in [0.05, 0.1) is 6.61 Å². The van der Waals surface area contributed by atoms with E-state index in [0.717, 1.165) is 35.3 Å². The van der Waals surface area contributed by atoms with Gasteiger partial charge in [-0.2, -0.15) is 0 Å². The third-order valence-corrected chi connectivity index (χ3v) is 3.63. The molecular formula is C14H18ClN3O. The minimum Gasteiger partial charge on any atom is -0.493 e.